The minimum absolute atomic E-state index is 0.0321. The fourth-order valence-electron chi connectivity index (χ4n) is 5.27. The maximum atomic E-state index is 13.2. The van der Waals surface area contributed by atoms with Crippen LogP contribution >= 0.6 is 0 Å². The highest BCUT2D eigenvalue weighted by atomic mass is 16.5. The molecular weight excluding hydrogens is 392 g/mol. The molecule has 0 bridgehead atoms. The smallest absolute Gasteiger partial charge is 0.270 e. The summed E-state index contributed by atoms with van der Waals surface area (Å²) in [6, 6.07) is 9.30. The highest BCUT2D eigenvalue weighted by Gasteiger charge is 2.35. The van der Waals surface area contributed by atoms with Gasteiger partial charge in [-0.2, -0.15) is 0 Å². The second-order valence-corrected chi connectivity index (χ2v) is 9.05. The van der Waals surface area contributed by atoms with Gasteiger partial charge in [0.05, 0.1) is 19.8 Å². The molecule has 0 unspecified atom stereocenters. The van der Waals surface area contributed by atoms with Crippen molar-refractivity contribution >= 4 is 16.8 Å². The molecule has 7 nitrogen and oxygen atoms in total. The first-order valence-corrected chi connectivity index (χ1v) is 11.4. The Kier molecular flexibility index (Phi) is 4.80. The zero-order valence-electron chi connectivity index (χ0n) is 17.7. The van der Waals surface area contributed by atoms with Crippen molar-refractivity contribution in [3.8, 4) is 0 Å². The molecular formula is C24H28N4O3. The topological polar surface area (TPSA) is 74.6 Å². The first-order chi connectivity index (χ1) is 15.2. The molecule has 7 heteroatoms. The van der Waals surface area contributed by atoms with Crippen LogP contribution in [0, 0.1) is 0 Å². The van der Waals surface area contributed by atoms with E-state index in [1.165, 1.54) is 24.8 Å². The number of hydrogen-bond acceptors (Lipinski definition) is 5. The Bertz CT molecular complexity index is 1090. The van der Waals surface area contributed by atoms with Gasteiger partial charge in [-0.25, -0.2) is 4.98 Å². The fraction of sp³-hybridized carbons (Fsp3) is 0.500. The fourth-order valence-corrected chi connectivity index (χ4v) is 5.27. The molecule has 1 saturated carbocycles. The number of nitrogens with zero attached hydrogens (tertiary/aromatic N) is 3. The number of aryl methyl sites for hydroxylation is 1. The van der Waals surface area contributed by atoms with Crippen LogP contribution in [0.2, 0.25) is 0 Å². The van der Waals surface area contributed by atoms with Gasteiger partial charge in [0.15, 0.2) is 6.39 Å². The summed E-state index contributed by atoms with van der Waals surface area (Å²) in [7, 11) is 0. The summed E-state index contributed by atoms with van der Waals surface area (Å²) < 4.78 is 10.9. The van der Waals surface area contributed by atoms with E-state index in [-0.39, 0.29) is 5.91 Å². The molecule has 3 aromatic rings. The Morgan fingerprint density at radius 1 is 1.13 bits per heavy atom. The van der Waals surface area contributed by atoms with Gasteiger partial charge < -0.3 is 19.0 Å². The molecule has 2 fully saturated rings. The summed E-state index contributed by atoms with van der Waals surface area (Å²) in [6.07, 6.45) is 5.64. The van der Waals surface area contributed by atoms with Gasteiger partial charge in [-0.15, -0.1) is 0 Å². The summed E-state index contributed by atoms with van der Waals surface area (Å²) >= 11 is 0. The van der Waals surface area contributed by atoms with Gasteiger partial charge in [0.2, 0.25) is 0 Å². The number of rotatable bonds is 3. The third-order valence-corrected chi connectivity index (χ3v) is 7.21. The van der Waals surface area contributed by atoms with Gasteiger partial charge in [0.1, 0.15) is 17.1 Å². The van der Waals surface area contributed by atoms with Crippen LogP contribution in [0.3, 0.4) is 0 Å². The first kappa shape index (κ1) is 19.1. The summed E-state index contributed by atoms with van der Waals surface area (Å²) in [5.74, 6) is 1.55. The number of oxazole rings is 1. The second-order valence-electron chi connectivity index (χ2n) is 9.05. The number of nitrogens with one attached hydrogen (secondary N) is 1. The van der Waals surface area contributed by atoms with E-state index in [0.717, 1.165) is 68.0 Å². The molecule has 1 aromatic carbocycles. The molecule has 0 spiro atoms. The van der Waals surface area contributed by atoms with Gasteiger partial charge in [-0.1, -0.05) is 12.1 Å². The molecule has 1 N–H and O–H groups in total. The van der Waals surface area contributed by atoms with Gasteiger partial charge in [-0.05, 0) is 42.9 Å². The van der Waals surface area contributed by atoms with E-state index in [4.69, 9.17) is 9.15 Å². The van der Waals surface area contributed by atoms with Crippen molar-refractivity contribution in [1.29, 1.82) is 0 Å². The lowest BCUT2D eigenvalue weighted by atomic mass is 9.75. The number of hydrogen-bond donors (Lipinski definition) is 1. The van der Waals surface area contributed by atoms with E-state index in [2.05, 4.69) is 33.1 Å². The van der Waals surface area contributed by atoms with Crippen molar-refractivity contribution in [2.45, 2.75) is 44.2 Å². The Morgan fingerprint density at radius 3 is 2.87 bits per heavy atom. The molecule has 162 valence electrons. The number of carbonyl (C=O) groups excluding carboxylic acids is 1. The molecule has 3 aliphatic rings. The Balaban J connectivity index is 1.16. The zero-order valence-corrected chi connectivity index (χ0v) is 17.7. The monoisotopic (exact) mass is 420 g/mol. The van der Waals surface area contributed by atoms with E-state index >= 15 is 0 Å². The van der Waals surface area contributed by atoms with E-state index < -0.39 is 0 Å². The van der Waals surface area contributed by atoms with Gasteiger partial charge in [-0.3, -0.25) is 9.69 Å². The number of aromatic amines is 1. The molecule has 0 radical (unpaired) electrons. The van der Waals surface area contributed by atoms with Crippen molar-refractivity contribution < 1.29 is 13.9 Å². The lowest BCUT2D eigenvalue weighted by Gasteiger charge is -2.44. The van der Waals surface area contributed by atoms with Gasteiger partial charge in [0.25, 0.3) is 5.91 Å². The van der Waals surface area contributed by atoms with Crippen molar-refractivity contribution in [3.63, 3.8) is 0 Å². The third-order valence-electron chi connectivity index (χ3n) is 7.21. The number of morpholine rings is 1. The van der Waals surface area contributed by atoms with Crippen molar-refractivity contribution in [2.24, 2.45) is 0 Å². The van der Waals surface area contributed by atoms with Crippen molar-refractivity contribution in [2.75, 3.05) is 32.8 Å². The Hall–Kier alpha value is -2.64. The molecule has 2 aromatic heterocycles. The Morgan fingerprint density at radius 2 is 2.00 bits per heavy atom. The number of aromatic nitrogens is 2. The molecule has 31 heavy (non-hydrogen) atoms. The van der Waals surface area contributed by atoms with E-state index in [1.54, 1.807) is 0 Å². The maximum Gasteiger partial charge on any atom is 0.270 e. The first-order valence-electron chi connectivity index (χ1n) is 11.4. The van der Waals surface area contributed by atoms with Gasteiger partial charge in [0, 0.05) is 43.0 Å². The Labute approximate surface area is 181 Å². The van der Waals surface area contributed by atoms with E-state index in [1.807, 2.05) is 11.0 Å². The maximum absolute atomic E-state index is 13.2. The summed E-state index contributed by atoms with van der Waals surface area (Å²) in [4.78, 5) is 25.3. The summed E-state index contributed by atoms with van der Waals surface area (Å²) in [6.45, 7) is 5.07. The zero-order chi connectivity index (χ0) is 20.8. The molecule has 1 saturated heterocycles. The van der Waals surface area contributed by atoms with Crippen molar-refractivity contribution in [3.05, 3.63) is 53.4 Å². The summed E-state index contributed by atoms with van der Waals surface area (Å²) in [5.41, 5.74) is 3.95. The predicted molar refractivity (Wildman–Crippen MR) is 116 cm³/mol. The van der Waals surface area contributed by atoms with E-state index in [9.17, 15) is 4.79 Å². The minimum atomic E-state index is 0.0321. The van der Waals surface area contributed by atoms with Crippen LogP contribution in [0.15, 0.2) is 35.1 Å². The van der Waals surface area contributed by atoms with Gasteiger partial charge >= 0.3 is 0 Å². The standard InChI is InChI=1S/C24H28N4O3/c29-24(28-5-1-2-23-22(14-28)25-15-31-23)21-13-17-4-3-16(12-20(17)26-21)18-10-19(11-18)27-6-8-30-9-7-27/h3-4,12-13,15,18-19,26H,1-2,5-11,14H2. The van der Waals surface area contributed by atoms with Crippen LogP contribution in [0.25, 0.3) is 10.9 Å². The molecule has 1 amide bonds. The lowest BCUT2D eigenvalue weighted by Crippen LogP contribution is -2.48. The number of benzene rings is 1. The predicted octanol–water partition coefficient (Wildman–Crippen LogP) is 3.32. The van der Waals surface area contributed by atoms with Crippen LogP contribution in [0.4, 0.5) is 0 Å². The van der Waals surface area contributed by atoms with Crippen LogP contribution < -0.4 is 0 Å². The molecule has 4 heterocycles. The lowest BCUT2D eigenvalue weighted by molar-refractivity contribution is -0.00697. The van der Waals surface area contributed by atoms with Crippen LogP contribution in [0.1, 0.15) is 52.7 Å². The number of ether oxygens (including phenoxy) is 1. The van der Waals surface area contributed by atoms with Crippen LogP contribution in [-0.2, 0) is 17.7 Å². The van der Waals surface area contributed by atoms with Crippen LogP contribution in [-0.4, -0.2) is 64.6 Å². The molecule has 0 atom stereocenters. The highest BCUT2D eigenvalue weighted by molar-refractivity contribution is 5.98. The van der Waals surface area contributed by atoms with E-state index in [0.29, 0.717) is 24.2 Å². The quantitative estimate of drug-likeness (QED) is 0.704. The summed E-state index contributed by atoms with van der Waals surface area (Å²) in [5, 5.41) is 1.09. The number of amides is 1. The average Bonchev–Trinajstić information content (AvgIpc) is 3.34. The minimum Gasteiger partial charge on any atom is -0.448 e. The number of H-pyrrole nitrogens is 1. The largest absolute Gasteiger partial charge is 0.448 e. The van der Waals surface area contributed by atoms with Crippen LogP contribution in [0.5, 0.6) is 0 Å². The molecule has 2 aliphatic heterocycles. The SMILES string of the molecule is O=C(c1cc2ccc(C3CC(N4CCOCC4)C3)cc2[nH]1)N1CCCc2ocnc2C1. The normalized spacial score (nSPS) is 24.6. The number of carbonyl (C=O) groups is 1. The molecule has 6 rings (SSSR count). The number of fused-ring (bicyclic) bond motifs is 2. The van der Waals surface area contributed by atoms with Crippen molar-refractivity contribution in [1.82, 2.24) is 19.8 Å². The second kappa shape index (κ2) is 7.80. The molecule has 1 aliphatic carbocycles. The highest BCUT2D eigenvalue weighted by Crippen LogP contribution is 2.40. The third kappa shape index (κ3) is 3.55. The average molecular weight is 421 g/mol.